The summed E-state index contributed by atoms with van der Waals surface area (Å²) < 4.78 is 7.19. The molecule has 2 amide bonds. The number of hydrogen-bond acceptors (Lipinski definition) is 4. The molecule has 2 atom stereocenters. The minimum atomic E-state index is -0.117. The Labute approximate surface area is 208 Å². The van der Waals surface area contributed by atoms with Gasteiger partial charge in [0.15, 0.2) is 0 Å². The van der Waals surface area contributed by atoms with Crippen LogP contribution >= 0.6 is 0 Å². The number of nitrogens with one attached hydrogen (secondary N) is 1. The molecule has 7 heteroatoms. The van der Waals surface area contributed by atoms with Crippen molar-refractivity contribution in [1.82, 2.24) is 19.8 Å². The van der Waals surface area contributed by atoms with E-state index in [-0.39, 0.29) is 30.4 Å². The summed E-state index contributed by atoms with van der Waals surface area (Å²) in [5.41, 5.74) is 2.45. The molecule has 0 spiro atoms. The first-order valence-corrected chi connectivity index (χ1v) is 12.6. The Balaban J connectivity index is 1.69. The standard InChI is InChI=1S/C28H38N4O3/c1-6-20(3)32(21(4)7-2)27(33)19-31-25-12-9-8-11-24(25)30-26(31)13-10-18-29-28(34)22-14-16-23(35-5)17-15-22/h8-9,11-12,14-17,20-21H,6-7,10,13,18-19H2,1-5H3,(H,29,34). The number of aryl methyl sites for hydroxylation is 1. The van der Waals surface area contributed by atoms with Crippen molar-refractivity contribution >= 4 is 22.8 Å². The Morgan fingerprint density at radius 3 is 2.31 bits per heavy atom. The first-order valence-electron chi connectivity index (χ1n) is 12.6. The summed E-state index contributed by atoms with van der Waals surface area (Å²) >= 11 is 0. The minimum Gasteiger partial charge on any atom is -0.497 e. The number of ether oxygens (including phenoxy) is 1. The quantitative estimate of drug-likeness (QED) is 0.378. The van der Waals surface area contributed by atoms with Crippen LogP contribution in [0.25, 0.3) is 11.0 Å². The Bertz CT molecular complexity index is 1110. The van der Waals surface area contributed by atoms with Crippen molar-refractivity contribution in [1.29, 1.82) is 0 Å². The number of carbonyl (C=O) groups is 2. The van der Waals surface area contributed by atoms with E-state index in [0.29, 0.717) is 18.5 Å². The first-order chi connectivity index (χ1) is 16.9. The van der Waals surface area contributed by atoms with Crippen LogP contribution in [-0.2, 0) is 17.8 Å². The molecule has 1 aromatic heterocycles. The van der Waals surface area contributed by atoms with Crippen LogP contribution in [0.2, 0.25) is 0 Å². The molecule has 35 heavy (non-hydrogen) atoms. The highest BCUT2D eigenvalue weighted by Gasteiger charge is 2.25. The van der Waals surface area contributed by atoms with Gasteiger partial charge in [-0.1, -0.05) is 26.0 Å². The van der Waals surface area contributed by atoms with Gasteiger partial charge in [0.05, 0.1) is 18.1 Å². The van der Waals surface area contributed by atoms with Crippen LogP contribution in [0.15, 0.2) is 48.5 Å². The van der Waals surface area contributed by atoms with E-state index in [9.17, 15) is 9.59 Å². The zero-order valence-electron chi connectivity index (χ0n) is 21.6. The number of nitrogens with zero attached hydrogens (tertiary/aromatic N) is 3. The topological polar surface area (TPSA) is 76.5 Å². The Kier molecular flexibility index (Phi) is 9.29. The van der Waals surface area contributed by atoms with Gasteiger partial charge in [-0.25, -0.2) is 4.98 Å². The summed E-state index contributed by atoms with van der Waals surface area (Å²) in [6.45, 7) is 9.25. The fraction of sp³-hybridized carbons (Fsp3) is 0.464. The summed E-state index contributed by atoms with van der Waals surface area (Å²) in [4.78, 5) is 32.7. The van der Waals surface area contributed by atoms with Gasteiger partial charge in [0, 0.05) is 30.6 Å². The van der Waals surface area contributed by atoms with Crippen molar-refractivity contribution in [2.75, 3.05) is 13.7 Å². The first kappa shape index (κ1) is 26.3. The predicted octanol–water partition coefficient (Wildman–Crippen LogP) is 4.83. The lowest BCUT2D eigenvalue weighted by Gasteiger charge is -2.34. The fourth-order valence-corrected chi connectivity index (χ4v) is 4.32. The Hall–Kier alpha value is -3.35. The highest BCUT2D eigenvalue weighted by atomic mass is 16.5. The lowest BCUT2D eigenvalue weighted by atomic mass is 10.1. The molecule has 188 valence electrons. The smallest absolute Gasteiger partial charge is 0.251 e. The van der Waals surface area contributed by atoms with Crippen LogP contribution in [0.4, 0.5) is 0 Å². The second-order valence-corrected chi connectivity index (χ2v) is 9.01. The third-order valence-electron chi connectivity index (χ3n) is 6.66. The monoisotopic (exact) mass is 478 g/mol. The van der Waals surface area contributed by atoms with E-state index in [1.54, 1.807) is 31.4 Å². The Morgan fingerprint density at radius 1 is 1.03 bits per heavy atom. The lowest BCUT2D eigenvalue weighted by Crippen LogP contribution is -2.45. The van der Waals surface area contributed by atoms with Gasteiger partial charge in [-0.05, 0) is 69.5 Å². The van der Waals surface area contributed by atoms with E-state index in [2.05, 4.69) is 33.0 Å². The fourth-order valence-electron chi connectivity index (χ4n) is 4.32. The maximum absolute atomic E-state index is 13.4. The van der Waals surface area contributed by atoms with Crippen LogP contribution in [0.3, 0.4) is 0 Å². The van der Waals surface area contributed by atoms with Crippen LogP contribution < -0.4 is 10.1 Å². The zero-order chi connectivity index (χ0) is 25.4. The lowest BCUT2D eigenvalue weighted by molar-refractivity contribution is -0.136. The van der Waals surface area contributed by atoms with Crippen molar-refractivity contribution in [3.63, 3.8) is 0 Å². The largest absolute Gasteiger partial charge is 0.497 e. The molecule has 1 N–H and O–H groups in total. The molecule has 3 rings (SSSR count). The highest BCUT2D eigenvalue weighted by Crippen LogP contribution is 2.20. The third kappa shape index (κ3) is 6.41. The van der Waals surface area contributed by atoms with Crippen LogP contribution in [0.1, 0.15) is 63.1 Å². The summed E-state index contributed by atoms with van der Waals surface area (Å²) in [7, 11) is 1.60. The van der Waals surface area contributed by atoms with Crippen LogP contribution in [-0.4, -0.2) is 52.0 Å². The average molecular weight is 479 g/mol. The minimum absolute atomic E-state index is 0.117. The molecule has 7 nitrogen and oxygen atoms in total. The molecule has 0 fully saturated rings. The third-order valence-corrected chi connectivity index (χ3v) is 6.66. The van der Waals surface area contributed by atoms with E-state index in [4.69, 9.17) is 9.72 Å². The van der Waals surface area contributed by atoms with Crippen LogP contribution in [0.5, 0.6) is 5.75 Å². The van der Waals surface area contributed by atoms with Crippen molar-refractivity contribution in [3.8, 4) is 5.75 Å². The molecule has 1 heterocycles. The molecule has 0 saturated heterocycles. The molecule has 0 saturated carbocycles. The molecule has 0 radical (unpaired) electrons. The number of carbonyl (C=O) groups excluding carboxylic acids is 2. The number of hydrogen-bond donors (Lipinski definition) is 1. The molecule has 2 aromatic carbocycles. The maximum Gasteiger partial charge on any atom is 0.251 e. The summed E-state index contributed by atoms with van der Waals surface area (Å²) in [5, 5.41) is 2.97. The van der Waals surface area contributed by atoms with E-state index in [0.717, 1.165) is 41.9 Å². The number of methoxy groups -OCH3 is 1. The summed E-state index contributed by atoms with van der Waals surface area (Å²) in [6.07, 6.45) is 3.22. The summed E-state index contributed by atoms with van der Waals surface area (Å²) in [5.74, 6) is 1.58. The molecule has 0 aliphatic heterocycles. The van der Waals surface area contributed by atoms with E-state index in [1.807, 2.05) is 33.7 Å². The average Bonchev–Trinajstić information content (AvgIpc) is 3.23. The van der Waals surface area contributed by atoms with Crippen molar-refractivity contribution in [2.24, 2.45) is 0 Å². The van der Waals surface area contributed by atoms with Gasteiger partial charge in [-0.2, -0.15) is 0 Å². The molecular weight excluding hydrogens is 440 g/mol. The molecule has 0 bridgehead atoms. The number of para-hydroxylation sites is 2. The zero-order valence-corrected chi connectivity index (χ0v) is 21.6. The molecule has 2 unspecified atom stereocenters. The second kappa shape index (κ2) is 12.4. The van der Waals surface area contributed by atoms with Gasteiger partial charge in [0.2, 0.25) is 5.91 Å². The number of fused-ring (bicyclic) bond motifs is 1. The molecular formula is C28H38N4O3. The number of rotatable bonds is 12. The number of benzene rings is 2. The van der Waals surface area contributed by atoms with E-state index >= 15 is 0 Å². The number of imidazole rings is 1. The number of amides is 2. The van der Waals surface area contributed by atoms with Crippen molar-refractivity contribution in [2.45, 2.75) is 72.0 Å². The van der Waals surface area contributed by atoms with Crippen LogP contribution in [0, 0.1) is 0 Å². The maximum atomic E-state index is 13.4. The second-order valence-electron chi connectivity index (χ2n) is 9.01. The van der Waals surface area contributed by atoms with Crippen molar-refractivity contribution in [3.05, 3.63) is 59.9 Å². The van der Waals surface area contributed by atoms with Gasteiger partial charge in [0.25, 0.3) is 5.91 Å². The van der Waals surface area contributed by atoms with Crippen molar-refractivity contribution < 1.29 is 14.3 Å². The Morgan fingerprint density at radius 2 is 1.69 bits per heavy atom. The van der Waals surface area contributed by atoms with Gasteiger partial charge >= 0.3 is 0 Å². The van der Waals surface area contributed by atoms with Gasteiger partial charge < -0.3 is 19.5 Å². The van der Waals surface area contributed by atoms with Gasteiger partial charge in [0.1, 0.15) is 18.1 Å². The van der Waals surface area contributed by atoms with Gasteiger partial charge in [-0.15, -0.1) is 0 Å². The molecule has 0 aliphatic carbocycles. The highest BCUT2D eigenvalue weighted by molar-refractivity contribution is 5.94. The SMILES string of the molecule is CCC(C)N(C(=O)Cn1c(CCCNC(=O)c2ccc(OC)cc2)nc2ccccc21)C(C)CC. The normalized spacial score (nSPS) is 12.8. The predicted molar refractivity (Wildman–Crippen MR) is 140 cm³/mol. The van der Waals surface area contributed by atoms with E-state index < -0.39 is 0 Å². The molecule has 0 aliphatic rings. The summed E-state index contributed by atoms with van der Waals surface area (Å²) in [6, 6.07) is 15.3. The molecule has 3 aromatic rings. The van der Waals surface area contributed by atoms with Gasteiger partial charge in [-0.3, -0.25) is 9.59 Å². The van der Waals surface area contributed by atoms with E-state index in [1.165, 1.54) is 0 Å². The number of aromatic nitrogens is 2.